The van der Waals surface area contributed by atoms with Crippen LogP contribution in [0.4, 0.5) is 5.13 Å². The largest absolute Gasteiger partial charge is 0.337 e. The Hall–Kier alpha value is -1.84. The molecule has 144 valence electrons. The van der Waals surface area contributed by atoms with Crippen molar-refractivity contribution in [2.75, 3.05) is 25.0 Å². The van der Waals surface area contributed by atoms with Crippen LogP contribution in [0.3, 0.4) is 0 Å². The Bertz CT molecular complexity index is 799. The van der Waals surface area contributed by atoms with Crippen molar-refractivity contribution in [3.63, 3.8) is 0 Å². The Kier molecular flexibility index (Phi) is 5.51. The third-order valence-corrected chi connectivity index (χ3v) is 7.14. The topological polar surface area (TPSA) is 78.4 Å². The molecule has 0 saturated carbocycles. The number of thiophene rings is 1. The van der Waals surface area contributed by atoms with Gasteiger partial charge in [0.1, 0.15) is 5.51 Å². The Morgan fingerprint density at radius 1 is 1.26 bits per heavy atom. The first kappa shape index (κ1) is 18.5. The number of hydrogen-bond acceptors (Lipinski definition) is 7. The number of fused-ring (bicyclic) bond motifs is 1. The van der Waals surface area contributed by atoms with Gasteiger partial charge in [0, 0.05) is 23.9 Å². The minimum Gasteiger partial charge on any atom is -0.337 e. The van der Waals surface area contributed by atoms with Crippen LogP contribution >= 0.6 is 22.7 Å². The van der Waals surface area contributed by atoms with E-state index >= 15 is 0 Å². The molecule has 4 rings (SSSR count). The summed E-state index contributed by atoms with van der Waals surface area (Å²) in [4.78, 5) is 30.9. The van der Waals surface area contributed by atoms with E-state index in [1.54, 1.807) is 16.8 Å². The van der Waals surface area contributed by atoms with Gasteiger partial charge in [-0.25, -0.2) is 0 Å². The van der Waals surface area contributed by atoms with Gasteiger partial charge in [0.05, 0.1) is 6.04 Å². The number of rotatable bonds is 4. The maximum atomic E-state index is 13.0. The molecule has 2 aromatic rings. The van der Waals surface area contributed by atoms with Crippen molar-refractivity contribution in [3.8, 4) is 0 Å². The van der Waals surface area contributed by atoms with Gasteiger partial charge in [-0.1, -0.05) is 11.3 Å². The molecule has 2 amide bonds. The van der Waals surface area contributed by atoms with Crippen LogP contribution in [0.1, 0.15) is 30.2 Å². The van der Waals surface area contributed by atoms with Gasteiger partial charge in [-0.2, -0.15) is 0 Å². The Morgan fingerprint density at radius 2 is 2.07 bits per heavy atom. The summed E-state index contributed by atoms with van der Waals surface area (Å²) in [6.45, 7) is 5.05. The molecule has 0 radical (unpaired) electrons. The van der Waals surface area contributed by atoms with E-state index in [9.17, 15) is 9.59 Å². The second kappa shape index (κ2) is 8.04. The van der Waals surface area contributed by atoms with Gasteiger partial charge in [-0.05, 0) is 56.3 Å². The molecule has 1 unspecified atom stereocenters. The van der Waals surface area contributed by atoms with Crippen molar-refractivity contribution >= 4 is 39.6 Å². The number of nitrogens with zero attached hydrogens (tertiary/aromatic N) is 4. The molecule has 0 aromatic carbocycles. The standard InChI is InChI=1S/C18H23N5O2S2/c1-12(17(25)23-8-4-15-14(10-23)5-9-26-15)22-6-2-13(3-7-22)16(24)20-18-21-19-11-27-18/h5,9,11-13H,2-4,6-8,10H2,1H3,(H,20,21,24). The van der Waals surface area contributed by atoms with Gasteiger partial charge < -0.3 is 10.2 Å². The van der Waals surface area contributed by atoms with Gasteiger partial charge in [-0.3, -0.25) is 14.5 Å². The molecule has 0 spiro atoms. The molecule has 1 saturated heterocycles. The van der Waals surface area contributed by atoms with Crippen molar-refractivity contribution in [1.82, 2.24) is 20.0 Å². The van der Waals surface area contributed by atoms with Crippen LogP contribution in [0.15, 0.2) is 17.0 Å². The summed E-state index contributed by atoms with van der Waals surface area (Å²) in [7, 11) is 0. The molecule has 1 atom stereocenters. The van der Waals surface area contributed by atoms with Crippen LogP contribution in [-0.4, -0.2) is 57.5 Å². The van der Waals surface area contributed by atoms with Crippen LogP contribution in [0.25, 0.3) is 0 Å². The predicted octanol–water partition coefficient (Wildman–Crippen LogP) is 2.22. The van der Waals surface area contributed by atoms with Crippen LogP contribution in [0, 0.1) is 5.92 Å². The van der Waals surface area contributed by atoms with E-state index in [4.69, 9.17) is 0 Å². The van der Waals surface area contributed by atoms with Gasteiger partial charge in [0.25, 0.3) is 0 Å². The summed E-state index contributed by atoms with van der Waals surface area (Å²) in [6, 6.07) is 1.99. The third-order valence-electron chi connectivity index (χ3n) is 5.51. The van der Waals surface area contributed by atoms with Crippen LogP contribution in [0.2, 0.25) is 0 Å². The van der Waals surface area contributed by atoms with Crippen molar-refractivity contribution in [2.45, 2.75) is 38.8 Å². The first-order chi connectivity index (χ1) is 13.1. The van der Waals surface area contributed by atoms with E-state index in [-0.39, 0.29) is 23.8 Å². The summed E-state index contributed by atoms with van der Waals surface area (Å²) in [5.41, 5.74) is 2.89. The zero-order valence-electron chi connectivity index (χ0n) is 15.3. The van der Waals surface area contributed by atoms with E-state index in [0.717, 1.165) is 45.4 Å². The predicted molar refractivity (Wildman–Crippen MR) is 106 cm³/mol. The van der Waals surface area contributed by atoms with E-state index in [2.05, 4.69) is 31.9 Å². The molecule has 7 nitrogen and oxygen atoms in total. The average molecular weight is 406 g/mol. The molecule has 9 heteroatoms. The van der Waals surface area contributed by atoms with Crippen molar-refractivity contribution in [3.05, 3.63) is 27.4 Å². The Morgan fingerprint density at radius 3 is 2.81 bits per heavy atom. The second-order valence-corrected chi connectivity index (χ2v) is 8.93. The highest BCUT2D eigenvalue weighted by atomic mass is 32.1. The monoisotopic (exact) mass is 405 g/mol. The fourth-order valence-corrected chi connectivity index (χ4v) is 5.18. The minimum absolute atomic E-state index is 0.00592. The minimum atomic E-state index is -0.141. The lowest BCUT2D eigenvalue weighted by atomic mass is 9.95. The fourth-order valence-electron chi connectivity index (χ4n) is 3.84. The van der Waals surface area contributed by atoms with Crippen molar-refractivity contribution in [2.24, 2.45) is 5.92 Å². The van der Waals surface area contributed by atoms with Gasteiger partial charge >= 0.3 is 0 Å². The van der Waals surface area contributed by atoms with Gasteiger partial charge in [0.2, 0.25) is 16.9 Å². The fraction of sp³-hybridized carbons (Fsp3) is 0.556. The molecule has 0 bridgehead atoms. The number of anilines is 1. The molecule has 0 aliphatic carbocycles. The number of piperidine rings is 1. The first-order valence-electron chi connectivity index (χ1n) is 9.27. The van der Waals surface area contributed by atoms with Crippen molar-refractivity contribution in [1.29, 1.82) is 0 Å². The van der Waals surface area contributed by atoms with E-state index in [1.807, 2.05) is 11.8 Å². The lowest BCUT2D eigenvalue weighted by Gasteiger charge is -2.37. The average Bonchev–Trinajstić information content (AvgIpc) is 3.38. The molecule has 4 heterocycles. The maximum Gasteiger partial charge on any atom is 0.239 e. The molecule has 1 N–H and O–H groups in total. The van der Waals surface area contributed by atoms with Crippen LogP contribution < -0.4 is 5.32 Å². The highest BCUT2D eigenvalue weighted by Gasteiger charge is 2.33. The Labute approximate surface area is 166 Å². The summed E-state index contributed by atoms with van der Waals surface area (Å²) in [6.07, 6.45) is 2.48. The summed E-state index contributed by atoms with van der Waals surface area (Å²) >= 11 is 3.11. The number of carbonyl (C=O) groups excluding carboxylic acids is 2. The molecule has 1 fully saturated rings. The van der Waals surface area contributed by atoms with Crippen LogP contribution in [0.5, 0.6) is 0 Å². The highest BCUT2D eigenvalue weighted by Crippen LogP contribution is 2.26. The zero-order chi connectivity index (χ0) is 18.8. The zero-order valence-corrected chi connectivity index (χ0v) is 16.9. The van der Waals surface area contributed by atoms with Gasteiger partial charge in [0.15, 0.2) is 0 Å². The second-order valence-electron chi connectivity index (χ2n) is 7.10. The normalized spacial score (nSPS) is 19.5. The highest BCUT2D eigenvalue weighted by molar-refractivity contribution is 7.13. The molecule has 2 aliphatic rings. The molecule has 2 aromatic heterocycles. The number of nitrogens with one attached hydrogen (secondary N) is 1. The Balaban J connectivity index is 1.29. The summed E-state index contributed by atoms with van der Waals surface area (Å²) in [5.74, 6) is 0.172. The van der Waals surface area contributed by atoms with Gasteiger partial charge in [-0.15, -0.1) is 21.5 Å². The third kappa shape index (κ3) is 4.04. The van der Waals surface area contributed by atoms with Crippen LogP contribution in [-0.2, 0) is 22.6 Å². The molecule has 2 aliphatic heterocycles. The molecule has 27 heavy (non-hydrogen) atoms. The maximum absolute atomic E-state index is 13.0. The smallest absolute Gasteiger partial charge is 0.239 e. The number of hydrogen-bond donors (Lipinski definition) is 1. The SMILES string of the molecule is CC(C(=O)N1CCc2sccc2C1)N1CCC(C(=O)Nc2nncs2)CC1. The first-order valence-corrected chi connectivity index (χ1v) is 11.0. The van der Waals surface area contributed by atoms with E-state index in [1.165, 1.54) is 21.8 Å². The number of likely N-dealkylation sites (tertiary alicyclic amines) is 1. The number of carbonyl (C=O) groups is 2. The summed E-state index contributed by atoms with van der Waals surface area (Å²) in [5, 5.41) is 13.1. The lowest BCUT2D eigenvalue weighted by molar-refractivity contribution is -0.138. The van der Waals surface area contributed by atoms with Crippen molar-refractivity contribution < 1.29 is 9.59 Å². The van der Waals surface area contributed by atoms with E-state index < -0.39 is 0 Å². The van der Waals surface area contributed by atoms with E-state index in [0.29, 0.717) is 5.13 Å². The molecular weight excluding hydrogens is 382 g/mol. The quantitative estimate of drug-likeness (QED) is 0.844. The number of aromatic nitrogens is 2. The summed E-state index contributed by atoms with van der Waals surface area (Å²) < 4.78 is 0. The number of amides is 2. The molecular formula is C18H23N5O2S2. The lowest BCUT2D eigenvalue weighted by Crippen LogP contribution is -2.51.